The Morgan fingerprint density at radius 2 is 2.07 bits per heavy atom. The Hall–Kier alpha value is -1.87. The fraction of sp³-hybridized carbons (Fsp3) is 0.667. The third-order valence-corrected chi connectivity index (χ3v) is 4.34. The van der Waals surface area contributed by atoms with E-state index in [-0.39, 0.29) is 31.6 Å². The molecular weight excluding hydrogens is 365 g/mol. The molecule has 27 heavy (non-hydrogen) atoms. The van der Waals surface area contributed by atoms with Gasteiger partial charge in [0.25, 0.3) is 0 Å². The van der Waals surface area contributed by atoms with Crippen LogP contribution in [0.3, 0.4) is 0 Å². The van der Waals surface area contributed by atoms with Crippen LogP contribution in [-0.2, 0) is 31.8 Å². The molecule has 0 spiro atoms. The van der Waals surface area contributed by atoms with Gasteiger partial charge in [-0.25, -0.2) is 4.98 Å². The average molecular weight is 390 g/mol. The number of rotatable bonds is 8. The quantitative estimate of drug-likeness (QED) is 0.636. The monoisotopic (exact) mass is 390 g/mol. The predicted molar refractivity (Wildman–Crippen MR) is 92.4 cm³/mol. The first-order chi connectivity index (χ1) is 12.9. The number of aromatic nitrogens is 1. The number of pyridine rings is 1. The molecule has 1 saturated heterocycles. The van der Waals surface area contributed by atoms with E-state index in [0.29, 0.717) is 44.0 Å². The Morgan fingerprint density at radius 1 is 1.37 bits per heavy atom. The van der Waals surface area contributed by atoms with E-state index in [9.17, 15) is 18.0 Å². The molecule has 0 aliphatic carbocycles. The zero-order chi connectivity index (χ0) is 19.9. The van der Waals surface area contributed by atoms with Crippen LogP contribution in [0, 0.1) is 0 Å². The van der Waals surface area contributed by atoms with Gasteiger partial charge >= 0.3 is 12.1 Å². The fourth-order valence-electron chi connectivity index (χ4n) is 3.08. The van der Waals surface area contributed by atoms with Crippen LogP contribution in [0.5, 0.6) is 0 Å². The minimum atomic E-state index is -4.48. The van der Waals surface area contributed by atoms with Crippen molar-refractivity contribution in [3.8, 4) is 0 Å². The molecule has 1 fully saturated rings. The number of halogens is 3. The van der Waals surface area contributed by atoms with Gasteiger partial charge in [0.2, 0.25) is 0 Å². The van der Waals surface area contributed by atoms with Crippen LogP contribution in [0.2, 0.25) is 0 Å². The minimum Gasteiger partial charge on any atom is -0.466 e. The van der Waals surface area contributed by atoms with Crippen LogP contribution >= 0.6 is 0 Å². The van der Waals surface area contributed by atoms with Crippen molar-refractivity contribution < 1.29 is 32.2 Å². The molecule has 0 unspecified atom stereocenters. The fourth-order valence-corrected chi connectivity index (χ4v) is 3.08. The lowest BCUT2D eigenvalue weighted by Crippen LogP contribution is -2.42. The van der Waals surface area contributed by atoms with E-state index in [4.69, 9.17) is 14.2 Å². The van der Waals surface area contributed by atoms with Gasteiger partial charge in [-0.1, -0.05) is 0 Å². The number of nitrogens with zero attached hydrogens (tertiary/aromatic N) is 2. The highest BCUT2D eigenvalue weighted by Gasteiger charge is 2.33. The molecule has 0 bridgehead atoms. The minimum absolute atomic E-state index is 0.00855. The van der Waals surface area contributed by atoms with Gasteiger partial charge in [0, 0.05) is 44.7 Å². The lowest BCUT2D eigenvalue weighted by Gasteiger charge is -2.36. The second-order valence-corrected chi connectivity index (χ2v) is 6.23. The summed E-state index contributed by atoms with van der Waals surface area (Å²) >= 11 is 0. The molecule has 2 rings (SSSR count). The van der Waals surface area contributed by atoms with E-state index < -0.39 is 11.7 Å². The summed E-state index contributed by atoms with van der Waals surface area (Å²) in [5.41, 5.74) is -0.488. The zero-order valence-electron chi connectivity index (χ0n) is 15.6. The first-order valence-corrected chi connectivity index (χ1v) is 8.91. The summed E-state index contributed by atoms with van der Waals surface area (Å²) in [6, 6.07) is 1.08. The average Bonchev–Trinajstić information content (AvgIpc) is 2.63. The van der Waals surface area contributed by atoms with E-state index in [2.05, 4.69) is 4.98 Å². The Kier molecular flexibility index (Phi) is 7.85. The van der Waals surface area contributed by atoms with Crippen molar-refractivity contribution in [1.29, 1.82) is 0 Å². The van der Waals surface area contributed by atoms with Crippen molar-refractivity contribution in [2.45, 2.75) is 45.0 Å². The third-order valence-electron chi connectivity index (χ3n) is 4.34. The smallest absolute Gasteiger partial charge is 0.417 e. The highest BCUT2D eigenvalue weighted by molar-refractivity contribution is 5.70. The number of carbonyl (C=O) groups excluding carboxylic acids is 1. The SMILES string of the molecule is CCOC(=O)CCN(c1ncc(C(F)(F)F)cc1COC)C1CCOCC1. The van der Waals surface area contributed by atoms with Crippen molar-refractivity contribution in [3.05, 3.63) is 23.4 Å². The predicted octanol–water partition coefficient (Wildman–Crippen LogP) is 3.19. The molecule has 1 aromatic rings. The molecule has 9 heteroatoms. The van der Waals surface area contributed by atoms with E-state index in [1.54, 1.807) is 6.92 Å². The van der Waals surface area contributed by atoms with E-state index in [1.165, 1.54) is 7.11 Å². The first kappa shape index (κ1) is 21.4. The van der Waals surface area contributed by atoms with Gasteiger partial charge in [-0.05, 0) is 25.8 Å². The number of hydrogen-bond acceptors (Lipinski definition) is 6. The standard InChI is InChI=1S/C18H25F3N2O4/c1-3-27-16(24)4-7-23(15-5-8-26-9-6-15)17-13(12-25-2)10-14(11-22-17)18(19,20)21/h10-11,15H,3-9,12H2,1-2H3. The summed E-state index contributed by atoms with van der Waals surface area (Å²) in [6.45, 7) is 3.41. The van der Waals surface area contributed by atoms with Crippen LogP contribution in [0.4, 0.5) is 19.0 Å². The summed E-state index contributed by atoms with van der Waals surface area (Å²) in [5, 5.41) is 0. The van der Waals surface area contributed by atoms with Crippen LogP contribution < -0.4 is 4.90 Å². The number of alkyl halides is 3. The summed E-state index contributed by atoms with van der Waals surface area (Å²) in [7, 11) is 1.42. The van der Waals surface area contributed by atoms with Gasteiger partial charge in [0.1, 0.15) is 5.82 Å². The molecule has 0 amide bonds. The van der Waals surface area contributed by atoms with Gasteiger partial charge in [0.05, 0.1) is 25.2 Å². The van der Waals surface area contributed by atoms with Gasteiger partial charge in [0.15, 0.2) is 0 Å². The molecule has 1 aliphatic rings. The lowest BCUT2D eigenvalue weighted by molar-refractivity contribution is -0.143. The Bertz CT molecular complexity index is 619. The molecule has 0 saturated carbocycles. The second-order valence-electron chi connectivity index (χ2n) is 6.23. The zero-order valence-corrected chi connectivity index (χ0v) is 15.6. The third kappa shape index (κ3) is 6.07. The summed E-state index contributed by atoms with van der Waals surface area (Å²) in [4.78, 5) is 17.8. The Morgan fingerprint density at radius 3 is 2.67 bits per heavy atom. The normalized spacial score (nSPS) is 15.6. The molecule has 2 heterocycles. The highest BCUT2D eigenvalue weighted by Crippen LogP contribution is 2.33. The van der Waals surface area contributed by atoms with Gasteiger partial charge in [-0.2, -0.15) is 13.2 Å². The number of carbonyl (C=O) groups is 1. The van der Waals surface area contributed by atoms with Gasteiger partial charge < -0.3 is 19.1 Å². The van der Waals surface area contributed by atoms with Crippen LogP contribution in [0.1, 0.15) is 37.3 Å². The summed E-state index contributed by atoms with van der Waals surface area (Å²) in [5.74, 6) is 0.0517. The molecule has 0 radical (unpaired) electrons. The Labute approximate surface area is 156 Å². The molecule has 0 N–H and O–H groups in total. The van der Waals surface area contributed by atoms with E-state index >= 15 is 0 Å². The maximum Gasteiger partial charge on any atom is 0.417 e. The van der Waals surface area contributed by atoms with Crippen molar-refractivity contribution in [2.24, 2.45) is 0 Å². The first-order valence-electron chi connectivity index (χ1n) is 8.91. The molecule has 0 aromatic carbocycles. The number of methoxy groups -OCH3 is 1. The number of hydrogen-bond donors (Lipinski definition) is 0. The van der Waals surface area contributed by atoms with Crippen LogP contribution in [0.25, 0.3) is 0 Å². The van der Waals surface area contributed by atoms with E-state index in [0.717, 1.165) is 12.3 Å². The van der Waals surface area contributed by atoms with Crippen LogP contribution in [-0.4, -0.2) is 50.5 Å². The van der Waals surface area contributed by atoms with Crippen molar-refractivity contribution in [2.75, 3.05) is 38.4 Å². The molecule has 1 aromatic heterocycles. The maximum atomic E-state index is 13.1. The molecule has 152 valence electrons. The van der Waals surface area contributed by atoms with Gasteiger partial charge in [-0.3, -0.25) is 4.79 Å². The molecule has 6 nitrogen and oxygen atoms in total. The maximum absolute atomic E-state index is 13.1. The second kappa shape index (κ2) is 9.89. The lowest BCUT2D eigenvalue weighted by atomic mass is 10.0. The van der Waals surface area contributed by atoms with E-state index in [1.807, 2.05) is 4.90 Å². The van der Waals surface area contributed by atoms with Crippen molar-refractivity contribution in [1.82, 2.24) is 4.98 Å². The number of ether oxygens (including phenoxy) is 3. The molecular formula is C18H25F3N2O4. The molecule has 1 aliphatic heterocycles. The summed E-state index contributed by atoms with van der Waals surface area (Å²) < 4.78 is 54.6. The largest absolute Gasteiger partial charge is 0.466 e. The highest BCUT2D eigenvalue weighted by atomic mass is 19.4. The molecule has 0 atom stereocenters. The van der Waals surface area contributed by atoms with Crippen LogP contribution in [0.15, 0.2) is 12.3 Å². The van der Waals surface area contributed by atoms with Crippen molar-refractivity contribution in [3.63, 3.8) is 0 Å². The van der Waals surface area contributed by atoms with Gasteiger partial charge in [-0.15, -0.1) is 0 Å². The Balaban J connectivity index is 2.32. The van der Waals surface area contributed by atoms with Crippen molar-refractivity contribution >= 4 is 11.8 Å². The topological polar surface area (TPSA) is 60.9 Å². The number of esters is 1. The number of anilines is 1. The summed E-state index contributed by atoms with van der Waals surface area (Å²) in [6.07, 6.45) is -2.12.